The van der Waals surface area contributed by atoms with Crippen molar-refractivity contribution >= 4 is 5.91 Å². The van der Waals surface area contributed by atoms with Gasteiger partial charge in [-0.15, -0.1) is 0 Å². The predicted octanol–water partition coefficient (Wildman–Crippen LogP) is 1.26. The molecule has 1 amide bonds. The summed E-state index contributed by atoms with van der Waals surface area (Å²) in [5.74, 6) is -0.322. The van der Waals surface area contributed by atoms with Crippen molar-refractivity contribution in [2.24, 2.45) is 5.92 Å². The van der Waals surface area contributed by atoms with Gasteiger partial charge in [-0.05, 0) is 12.8 Å². The minimum Gasteiger partial charge on any atom is -0.395 e. The molecule has 0 spiro atoms. The molecule has 0 radical (unpaired) electrons. The lowest BCUT2D eigenvalue weighted by Gasteiger charge is -2.24. The van der Waals surface area contributed by atoms with Gasteiger partial charge >= 0.3 is 0 Å². The van der Waals surface area contributed by atoms with Crippen LogP contribution in [0.2, 0.25) is 0 Å². The van der Waals surface area contributed by atoms with Crippen molar-refractivity contribution in [3.8, 4) is 0 Å². The third-order valence-corrected chi connectivity index (χ3v) is 2.74. The maximum Gasteiger partial charge on any atom is 0.255 e. The van der Waals surface area contributed by atoms with Crippen molar-refractivity contribution in [1.82, 2.24) is 4.90 Å². The van der Waals surface area contributed by atoms with Crippen LogP contribution in [-0.2, 0) is 4.79 Å². The summed E-state index contributed by atoms with van der Waals surface area (Å²) in [6, 6.07) is 0. The van der Waals surface area contributed by atoms with Crippen molar-refractivity contribution in [3.63, 3.8) is 0 Å². The van der Waals surface area contributed by atoms with Crippen LogP contribution in [0.3, 0.4) is 0 Å². The zero-order valence-electron chi connectivity index (χ0n) is 8.66. The van der Waals surface area contributed by atoms with Gasteiger partial charge in [0.05, 0.1) is 13.2 Å². The summed E-state index contributed by atoms with van der Waals surface area (Å²) >= 11 is 0. The standard InChI is InChI=1S/C10H17F2NO2/c11-9(12)7-13(5-6-14)10(15)8-3-1-2-4-8/h8-9,14H,1-7H2. The van der Waals surface area contributed by atoms with Crippen molar-refractivity contribution in [1.29, 1.82) is 0 Å². The van der Waals surface area contributed by atoms with Gasteiger partial charge in [-0.1, -0.05) is 12.8 Å². The Morgan fingerprint density at radius 1 is 1.40 bits per heavy atom. The average molecular weight is 221 g/mol. The Morgan fingerprint density at radius 2 is 2.00 bits per heavy atom. The molecule has 1 aliphatic carbocycles. The van der Waals surface area contributed by atoms with Crippen LogP contribution in [0.1, 0.15) is 25.7 Å². The first-order chi connectivity index (χ1) is 7.15. The molecule has 1 saturated carbocycles. The summed E-state index contributed by atoms with van der Waals surface area (Å²) < 4.78 is 24.4. The first-order valence-electron chi connectivity index (χ1n) is 5.33. The van der Waals surface area contributed by atoms with Crippen molar-refractivity contribution < 1.29 is 18.7 Å². The molecule has 0 bridgehead atoms. The van der Waals surface area contributed by atoms with E-state index >= 15 is 0 Å². The van der Waals surface area contributed by atoms with E-state index < -0.39 is 13.0 Å². The monoisotopic (exact) mass is 221 g/mol. The molecule has 1 rings (SSSR count). The van der Waals surface area contributed by atoms with Crippen LogP contribution in [0.5, 0.6) is 0 Å². The van der Waals surface area contributed by atoms with E-state index in [0.29, 0.717) is 0 Å². The van der Waals surface area contributed by atoms with Crippen LogP contribution in [0, 0.1) is 5.92 Å². The van der Waals surface area contributed by atoms with Crippen LogP contribution in [0.25, 0.3) is 0 Å². The van der Waals surface area contributed by atoms with Gasteiger partial charge in [0, 0.05) is 12.5 Å². The number of carbonyl (C=O) groups is 1. The molecule has 3 nitrogen and oxygen atoms in total. The first-order valence-corrected chi connectivity index (χ1v) is 5.33. The molecule has 1 N–H and O–H groups in total. The number of rotatable bonds is 5. The van der Waals surface area contributed by atoms with E-state index in [9.17, 15) is 13.6 Å². The van der Waals surface area contributed by atoms with Crippen LogP contribution in [0.15, 0.2) is 0 Å². The molecule has 0 aromatic heterocycles. The Hall–Kier alpha value is -0.710. The molecule has 5 heteroatoms. The van der Waals surface area contributed by atoms with Crippen LogP contribution >= 0.6 is 0 Å². The smallest absolute Gasteiger partial charge is 0.255 e. The van der Waals surface area contributed by atoms with Crippen molar-refractivity contribution in [2.75, 3.05) is 19.7 Å². The summed E-state index contributed by atoms with van der Waals surface area (Å²) in [5, 5.41) is 8.70. The van der Waals surface area contributed by atoms with Gasteiger partial charge in [-0.2, -0.15) is 0 Å². The van der Waals surface area contributed by atoms with Gasteiger partial charge in [-0.3, -0.25) is 4.79 Å². The van der Waals surface area contributed by atoms with E-state index in [0.717, 1.165) is 30.6 Å². The highest BCUT2D eigenvalue weighted by molar-refractivity contribution is 5.79. The Bertz CT molecular complexity index is 206. The molecule has 1 fully saturated rings. The number of hydrogen-bond donors (Lipinski definition) is 1. The van der Waals surface area contributed by atoms with Gasteiger partial charge in [-0.25, -0.2) is 8.78 Å². The molecular weight excluding hydrogens is 204 g/mol. The van der Waals surface area contributed by atoms with E-state index in [4.69, 9.17) is 5.11 Å². The molecular formula is C10H17F2NO2. The van der Waals surface area contributed by atoms with Crippen LogP contribution < -0.4 is 0 Å². The zero-order valence-corrected chi connectivity index (χ0v) is 8.66. The Labute approximate surface area is 88.1 Å². The number of amides is 1. The van der Waals surface area contributed by atoms with Gasteiger partial charge in [0.1, 0.15) is 0 Å². The molecule has 0 aromatic carbocycles. The Balaban J connectivity index is 2.49. The maximum absolute atomic E-state index is 12.2. The van der Waals surface area contributed by atoms with E-state index in [1.807, 2.05) is 0 Å². The highest BCUT2D eigenvalue weighted by atomic mass is 19.3. The van der Waals surface area contributed by atoms with E-state index in [-0.39, 0.29) is 25.0 Å². The number of aliphatic hydroxyl groups is 1. The van der Waals surface area contributed by atoms with E-state index in [1.54, 1.807) is 0 Å². The molecule has 88 valence electrons. The molecule has 0 saturated heterocycles. The van der Waals surface area contributed by atoms with Crippen LogP contribution in [-0.4, -0.2) is 42.0 Å². The lowest BCUT2D eigenvalue weighted by atomic mass is 10.1. The maximum atomic E-state index is 12.2. The van der Waals surface area contributed by atoms with E-state index in [2.05, 4.69) is 0 Å². The third-order valence-electron chi connectivity index (χ3n) is 2.74. The summed E-state index contributed by atoms with van der Waals surface area (Å²) in [7, 11) is 0. The topological polar surface area (TPSA) is 40.5 Å². The largest absolute Gasteiger partial charge is 0.395 e. The second-order valence-corrected chi connectivity index (χ2v) is 3.88. The lowest BCUT2D eigenvalue weighted by Crippen LogP contribution is -2.40. The van der Waals surface area contributed by atoms with Gasteiger partial charge < -0.3 is 10.0 Å². The molecule has 0 unspecified atom stereocenters. The molecule has 0 atom stereocenters. The number of alkyl halides is 2. The predicted molar refractivity (Wildman–Crippen MR) is 51.6 cm³/mol. The first kappa shape index (κ1) is 12.4. The molecule has 0 aliphatic heterocycles. The number of nitrogens with zero attached hydrogens (tertiary/aromatic N) is 1. The zero-order chi connectivity index (χ0) is 11.3. The van der Waals surface area contributed by atoms with Gasteiger partial charge in [0.2, 0.25) is 5.91 Å². The normalized spacial score (nSPS) is 17.3. The van der Waals surface area contributed by atoms with Gasteiger partial charge in [0.15, 0.2) is 0 Å². The second-order valence-electron chi connectivity index (χ2n) is 3.88. The van der Waals surface area contributed by atoms with Gasteiger partial charge in [0.25, 0.3) is 6.43 Å². The molecule has 1 aliphatic rings. The summed E-state index contributed by atoms with van der Waals surface area (Å²) in [4.78, 5) is 12.8. The fourth-order valence-corrected chi connectivity index (χ4v) is 2.01. The number of hydrogen-bond acceptors (Lipinski definition) is 2. The number of carbonyl (C=O) groups excluding carboxylic acids is 1. The summed E-state index contributed by atoms with van der Waals surface area (Å²) in [5.41, 5.74) is 0. The average Bonchev–Trinajstić information content (AvgIpc) is 2.68. The Morgan fingerprint density at radius 3 is 2.47 bits per heavy atom. The number of aliphatic hydroxyl groups excluding tert-OH is 1. The Kier molecular flexibility index (Phi) is 4.94. The third kappa shape index (κ3) is 3.74. The lowest BCUT2D eigenvalue weighted by molar-refractivity contribution is -0.137. The van der Waals surface area contributed by atoms with Crippen molar-refractivity contribution in [2.45, 2.75) is 32.1 Å². The summed E-state index contributed by atoms with van der Waals surface area (Å²) in [6.45, 7) is -0.805. The number of halogens is 2. The van der Waals surface area contributed by atoms with Crippen molar-refractivity contribution in [3.05, 3.63) is 0 Å². The molecule has 15 heavy (non-hydrogen) atoms. The van der Waals surface area contributed by atoms with Crippen LogP contribution in [0.4, 0.5) is 8.78 Å². The fourth-order valence-electron chi connectivity index (χ4n) is 2.01. The molecule has 0 aromatic rings. The highest BCUT2D eigenvalue weighted by Crippen LogP contribution is 2.26. The molecule has 0 heterocycles. The SMILES string of the molecule is O=C(C1CCCC1)N(CCO)CC(F)F. The fraction of sp³-hybridized carbons (Fsp3) is 0.900. The van der Waals surface area contributed by atoms with E-state index in [1.165, 1.54) is 0 Å². The minimum atomic E-state index is -2.53. The minimum absolute atomic E-state index is 0.0136. The second kappa shape index (κ2) is 6.00. The highest BCUT2D eigenvalue weighted by Gasteiger charge is 2.28. The summed E-state index contributed by atoms with van der Waals surface area (Å²) in [6.07, 6.45) is 1.06. The quantitative estimate of drug-likeness (QED) is 0.759.